The molecule has 0 bridgehead atoms. The molecule has 0 amide bonds. The zero-order valence-electron chi connectivity index (χ0n) is 15.3. The van der Waals surface area contributed by atoms with Crippen molar-refractivity contribution in [2.45, 2.75) is 64.2 Å². The molecule has 1 saturated carbocycles. The molecule has 1 aromatic carbocycles. The molecule has 1 aliphatic rings. The molecule has 1 heterocycles. The maximum Gasteiger partial charge on any atom is 0.408 e. The van der Waals surface area contributed by atoms with Crippen LogP contribution in [0.2, 0.25) is 5.02 Å². The van der Waals surface area contributed by atoms with Crippen molar-refractivity contribution < 1.29 is 17.6 Å². The highest BCUT2D eigenvalue weighted by molar-refractivity contribution is 6.31. The van der Waals surface area contributed by atoms with E-state index >= 15 is 0 Å². The van der Waals surface area contributed by atoms with E-state index in [9.17, 15) is 22.4 Å². The van der Waals surface area contributed by atoms with Gasteiger partial charge in [-0.1, -0.05) is 43.4 Å². The van der Waals surface area contributed by atoms with Crippen LogP contribution in [0.3, 0.4) is 0 Å². The second-order valence-electron chi connectivity index (χ2n) is 7.32. The smallest absolute Gasteiger partial charge is 0.278 e. The van der Waals surface area contributed by atoms with E-state index in [1.165, 1.54) is 22.8 Å². The molecule has 1 aromatic heterocycles. The summed E-state index contributed by atoms with van der Waals surface area (Å²) in [5, 5.41) is 4.04. The summed E-state index contributed by atoms with van der Waals surface area (Å²) < 4.78 is 54.4. The van der Waals surface area contributed by atoms with Gasteiger partial charge in [-0.15, -0.1) is 0 Å². The van der Waals surface area contributed by atoms with Crippen LogP contribution in [0.15, 0.2) is 23.0 Å². The Kier molecular flexibility index (Phi) is 6.47. The number of benzene rings is 1. The SMILES string of the molecule is O=c1n(CC(F)(F)F)nc(Cc2c(F)cccc2Cl)n1CC1CCCCCC1. The van der Waals surface area contributed by atoms with E-state index in [1.54, 1.807) is 0 Å². The predicted molar refractivity (Wildman–Crippen MR) is 98.0 cm³/mol. The Hall–Kier alpha value is -1.83. The Morgan fingerprint density at radius 1 is 1.14 bits per heavy atom. The van der Waals surface area contributed by atoms with Crippen molar-refractivity contribution in [2.75, 3.05) is 0 Å². The van der Waals surface area contributed by atoms with Gasteiger partial charge in [0, 0.05) is 23.6 Å². The molecule has 0 aliphatic heterocycles. The number of nitrogens with zero attached hydrogens (tertiary/aromatic N) is 3. The van der Waals surface area contributed by atoms with E-state index in [0.29, 0.717) is 4.68 Å². The first-order valence-electron chi connectivity index (χ1n) is 9.41. The minimum absolute atomic E-state index is 0.102. The summed E-state index contributed by atoms with van der Waals surface area (Å²) in [6.45, 7) is -1.18. The maximum atomic E-state index is 14.2. The molecular formula is C19H22ClF4N3O. The molecule has 2 aromatic rings. The minimum Gasteiger partial charge on any atom is -0.278 e. The van der Waals surface area contributed by atoms with Crippen LogP contribution in [-0.2, 0) is 19.5 Å². The van der Waals surface area contributed by atoms with Crippen LogP contribution >= 0.6 is 11.6 Å². The Bertz CT molecular complexity index is 847. The zero-order chi connectivity index (χ0) is 20.3. The topological polar surface area (TPSA) is 39.8 Å². The molecule has 0 atom stereocenters. The van der Waals surface area contributed by atoms with E-state index < -0.39 is 24.2 Å². The Morgan fingerprint density at radius 2 is 1.82 bits per heavy atom. The fraction of sp³-hybridized carbons (Fsp3) is 0.579. The van der Waals surface area contributed by atoms with Gasteiger partial charge in [0.15, 0.2) is 0 Å². The number of alkyl halides is 3. The molecule has 154 valence electrons. The Balaban J connectivity index is 1.96. The quantitative estimate of drug-likeness (QED) is 0.507. The number of aromatic nitrogens is 3. The second-order valence-corrected chi connectivity index (χ2v) is 7.72. The van der Waals surface area contributed by atoms with Crippen LogP contribution in [0.25, 0.3) is 0 Å². The maximum absolute atomic E-state index is 14.2. The third-order valence-corrected chi connectivity index (χ3v) is 5.49. The summed E-state index contributed by atoms with van der Waals surface area (Å²) in [5.74, 6) is -0.282. The van der Waals surface area contributed by atoms with Gasteiger partial charge in [0.2, 0.25) is 0 Å². The van der Waals surface area contributed by atoms with Crippen LogP contribution in [0.5, 0.6) is 0 Å². The number of halogens is 5. The molecule has 0 radical (unpaired) electrons. The standard InChI is InChI=1S/C19H22ClF4N3O/c20-15-8-5-9-16(21)14(15)10-17-25-27(12-19(22,23)24)18(28)26(17)11-13-6-3-1-2-4-7-13/h5,8-9,13H,1-4,6-7,10-12H2. The van der Waals surface area contributed by atoms with Crippen LogP contribution in [0, 0.1) is 11.7 Å². The van der Waals surface area contributed by atoms with Crippen LogP contribution in [0.4, 0.5) is 17.6 Å². The van der Waals surface area contributed by atoms with Crippen LogP contribution in [-0.4, -0.2) is 20.5 Å². The highest BCUT2D eigenvalue weighted by Crippen LogP contribution is 2.26. The molecule has 9 heteroatoms. The van der Waals surface area contributed by atoms with Crippen molar-refractivity contribution in [2.24, 2.45) is 5.92 Å². The molecule has 4 nitrogen and oxygen atoms in total. The van der Waals surface area contributed by atoms with Crippen molar-refractivity contribution in [1.82, 2.24) is 14.3 Å². The zero-order valence-corrected chi connectivity index (χ0v) is 16.1. The number of hydrogen-bond acceptors (Lipinski definition) is 2. The first-order valence-corrected chi connectivity index (χ1v) is 9.78. The molecular weight excluding hydrogens is 398 g/mol. The molecule has 0 N–H and O–H groups in total. The van der Waals surface area contributed by atoms with Gasteiger partial charge in [0.1, 0.15) is 18.2 Å². The van der Waals surface area contributed by atoms with Gasteiger partial charge in [-0.05, 0) is 30.9 Å². The molecule has 1 aliphatic carbocycles. The molecule has 28 heavy (non-hydrogen) atoms. The van der Waals surface area contributed by atoms with Gasteiger partial charge in [0.25, 0.3) is 0 Å². The summed E-state index contributed by atoms with van der Waals surface area (Å²) in [7, 11) is 0. The van der Waals surface area contributed by atoms with E-state index in [2.05, 4.69) is 5.10 Å². The second kappa shape index (κ2) is 8.68. The van der Waals surface area contributed by atoms with E-state index in [-0.39, 0.29) is 35.3 Å². The van der Waals surface area contributed by atoms with Gasteiger partial charge >= 0.3 is 11.9 Å². The van der Waals surface area contributed by atoms with E-state index in [0.717, 1.165) is 38.5 Å². The lowest BCUT2D eigenvalue weighted by Gasteiger charge is -2.15. The fourth-order valence-corrected chi connectivity index (χ4v) is 3.97. The third kappa shape index (κ3) is 5.16. The summed E-state index contributed by atoms with van der Waals surface area (Å²) in [5.41, 5.74) is -0.695. The van der Waals surface area contributed by atoms with E-state index in [4.69, 9.17) is 11.6 Å². The molecule has 0 unspecified atom stereocenters. The van der Waals surface area contributed by atoms with Crippen molar-refractivity contribution in [3.8, 4) is 0 Å². The highest BCUT2D eigenvalue weighted by Gasteiger charge is 2.31. The third-order valence-electron chi connectivity index (χ3n) is 5.14. The number of hydrogen-bond donors (Lipinski definition) is 0. The highest BCUT2D eigenvalue weighted by atomic mass is 35.5. The molecule has 1 fully saturated rings. The minimum atomic E-state index is -4.57. The fourth-order valence-electron chi connectivity index (χ4n) is 3.74. The first kappa shape index (κ1) is 20.9. The molecule has 3 rings (SSSR count). The summed E-state index contributed by atoms with van der Waals surface area (Å²) >= 11 is 6.06. The van der Waals surface area contributed by atoms with Crippen molar-refractivity contribution >= 4 is 11.6 Å². The van der Waals surface area contributed by atoms with Gasteiger partial charge < -0.3 is 0 Å². The van der Waals surface area contributed by atoms with Crippen LogP contribution in [0.1, 0.15) is 49.9 Å². The van der Waals surface area contributed by atoms with Crippen molar-refractivity contribution in [3.63, 3.8) is 0 Å². The van der Waals surface area contributed by atoms with Gasteiger partial charge in [-0.3, -0.25) is 4.57 Å². The lowest BCUT2D eigenvalue weighted by molar-refractivity contribution is -0.143. The summed E-state index contributed by atoms with van der Waals surface area (Å²) in [6.07, 6.45) is 1.42. The van der Waals surface area contributed by atoms with Gasteiger partial charge in [0.05, 0.1) is 0 Å². The monoisotopic (exact) mass is 419 g/mol. The number of rotatable bonds is 5. The first-order chi connectivity index (χ1) is 13.2. The lowest BCUT2D eigenvalue weighted by Crippen LogP contribution is -2.32. The van der Waals surface area contributed by atoms with Gasteiger partial charge in [-0.2, -0.15) is 18.3 Å². The Morgan fingerprint density at radius 3 is 2.43 bits per heavy atom. The predicted octanol–water partition coefficient (Wildman–Crippen LogP) is 4.96. The van der Waals surface area contributed by atoms with E-state index in [1.807, 2.05) is 0 Å². The normalized spacial score (nSPS) is 16.3. The van der Waals surface area contributed by atoms with Crippen molar-refractivity contribution in [1.29, 1.82) is 0 Å². The van der Waals surface area contributed by atoms with Gasteiger partial charge in [-0.25, -0.2) is 13.9 Å². The summed E-state index contributed by atoms with van der Waals surface area (Å²) in [4.78, 5) is 12.6. The molecule has 0 saturated heterocycles. The van der Waals surface area contributed by atoms with Crippen molar-refractivity contribution in [3.05, 3.63) is 50.9 Å². The van der Waals surface area contributed by atoms with Crippen LogP contribution < -0.4 is 5.69 Å². The molecule has 0 spiro atoms. The summed E-state index contributed by atoms with van der Waals surface area (Å²) in [6, 6.07) is 4.17. The average molecular weight is 420 g/mol. The average Bonchev–Trinajstić information content (AvgIpc) is 2.79. The Labute approximate surface area is 165 Å². The largest absolute Gasteiger partial charge is 0.408 e. The lowest BCUT2D eigenvalue weighted by atomic mass is 10.0.